The highest BCUT2D eigenvalue weighted by Crippen LogP contribution is 2.04. The SMILES string of the molecule is O=C(NCCCn1ccnc1)NCc1ccc(C(=O)O)cc1. The number of urea groups is 1. The summed E-state index contributed by atoms with van der Waals surface area (Å²) in [6.45, 7) is 1.73. The lowest BCUT2D eigenvalue weighted by Gasteiger charge is -2.08. The maximum atomic E-state index is 11.6. The van der Waals surface area contributed by atoms with E-state index < -0.39 is 5.97 Å². The van der Waals surface area contributed by atoms with Gasteiger partial charge in [-0.2, -0.15) is 0 Å². The lowest BCUT2D eigenvalue weighted by Crippen LogP contribution is -2.35. The number of carbonyl (C=O) groups excluding carboxylic acids is 1. The zero-order valence-corrected chi connectivity index (χ0v) is 12.0. The first-order valence-electron chi connectivity index (χ1n) is 6.95. The van der Waals surface area contributed by atoms with Gasteiger partial charge < -0.3 is 20.3 Å². The molecule has 0 aliphatic heterocycles. The third kappa shape index (κ3) is 4.93. The summed E-state index contributed by atoms with van der Waals surface area (Å²) in [4.78, 5) is 26.3. The fraction of sp³-hybridized carbons (Fsp3) is 0.267. The molecule has 1 aromatic heterocycles. The molecular formula is C15H18N4O3. The second-order valence-electron chi connectivity index (χ2n) is 4.77. The third-order valence-electron chi connectivity index (χ3n) is 3.09. The van der Waals surface area contributed by atoms with Crippen molar-refractivity contribution in [2.75, 3.05) is 6.54 Å². The predicted molar refractivity (Wildman–Crippen MR) is 80.5 cm³/mol. The van der Waals surface area contributed by atoms with Gasteiger partial charge in [0.2, 0.25) is 0 Å². The van der Waals surface area contributed by atoms with Gasteiger partial charge in [0.25, 0.3) is 0 Å². The minimum atomic E-state index is -0.963. The van der Waals surface area contributed by atoms with E-state index in [0.717, 1.165) is 18.5 Å². The van der Waals surface area contributed by atoms with Crippen LogP contribution in [0.4, 0.5) is 4.79 Å². The maximum Gasteiger partial charge on any atom is 0.335 e. The maximum absolute atomic E-state index is 11.6. The minimum Gasteiger partial charge on any atom is -0.478 e. The molecule has 2 aromatic rings. The van der Waals surface area contributed by atoms with Gasteiger partial charge >= 0.3 is 12.0 Å². The van der Waals surface area contributed by atoms with Gasteiger partial charge in [0.1, 0.15) is 0 Å². The number of nitrogens with zero attached hydrogens (tertiary/aromatic N) is 2. The second-order valence-corrected chi connectivity index (χ2v) is 4.77. The van der Waals surface area contributed by atoms with Crippen molar-refractivity contribution in [2.24, 2.45) is 0 Å². The number of rotatable bonds is 7. The largest absolute Gasteiger partial charge is 0.478 e. The van der Waals surface area contributed by atoms with E-state index in [1.54, 1.807) is 24.7 Å². The molecule has 0 bridgehead atoms. The molecule has 0 unspecified atom stereocenters. The average Bonchev–Trinajstić information content (AvgIpc) is 3.03. The molecule has 0 atom stereocenters. The minimum absolute atomic E-state index is 0.229. The van der Waals surface area contributed by atoms with E-state index in [4.69, 9.17) is 5.11 Å². The molecule has 0 saturated heterocycles. The van der Waals surface area contributed by atoms with Crippen molar-refractivity contribution in [2.45, 2.75) is 19.5 Å². The number of hydrogen-bond acceptors (Lipinski definition) is 3. The van der Waals surface area contributed by atoms with Crippen molar-refractivity contribution in [1.29, 1.82) is 0 Å². The molecule has 0 aliphatic carbocycles. The van der Waals surface area contributed by atoms with Gasteiger partial charge in [0.15, 0.2) is 0 Å². The zero-order chi connectivity index (χ0) is 15.8. The fourth-order valence-electron chi connectivity index (χ4n) is 1.89. The smallest absolute Gasteiger partial charge is 0.335 e. The van der Waals surface area contributed by atoms with E-state index in [0.29, 0.717) is 13.1 Å². The molecule has 0 saturated carbocycles. The van der Waals surface area contributed by atoms with Gasteiger partial charge in [-0.25, -0.2) is 14.6 Å². The zero-order valence-electron chi connectivity index (χ0n) is 12.0. The number of aryl methyl sites for hydroxylation is 1. The summed E-state index contributed by atoms with van der Waals surface area (Å²) in [5.74, 6) is -0.963. The molecule has 7 nitrogen and oxygen atoms in total. The lowest BCUT2D eigenvalue weighted by molar-refractivity contribution is 0.0697. The Morgan fingerprint density at radius 2 is 1.95 bits per heavy atom. The Morgan fingerprint density at radius 3 is 2.59 bits per heavy atom. The van der Waals surface area contributed by atoms with Gasteiger partial charge in [0.05, 0.1) is 11.9 Å². The van der Waals surface area contributed by atoms with Crippen molar-refractivity contribution >= 4 is 12.0 Å². The van der Waals surface area contributed by atoms with E-state index in [1.807, 2.05) is 10.8 Å². The van der Waals surface area contributed by atoms with E-state index in [9.17, 15) is 9.59 Å². The van der Waals surface area contributed by atoms with E-state index >= 15 is 0 Å². The van der Waals surface area contributed by atoms with Crippen molar-refractivity contribution in [3.05, 3.63) is 54.1 Å². The summed E-state index contributed by atoms with van der Waals surface area (Å²) >= 11 is 0. The van der Waals surface area contributed by atoms with Gasteiger partial charge in [0, 0.05) is 32.0 Å². The number of aromatic carboxylic acids is 1. The number of benzene rings is 1. The summed E-state index contributed by atoms with van der Waals surface area (Å²) in [5, 5.41) is 14.3. The number of hydrogen-bond donors (Lipinski definition) is 3. The van der Waals surface area contributed by atoms with Crippen LogP contribution in [0.15, 0.2) is 43.0 Å². The first-order valence-corrected chi connectivity index (χ1v) is 6.95. The molecule has 0 radical (unpaired) electrons. The standard InChI is InChI=1S/C15H18N4O3/c20-14(21)13-4-2-12(3-5-13)10-18-15(22)17-6-1-8-19-9-7-16-11-19/h2-5,7,9,11H,1,6,8,10H2,(H,20,21)(H2,17,18,22). The van der Waals surface area contributed by atoms with Crippen LogP contribution >= 0.6 is 0 Å². The Balaban J connectivity index is 1.63. The predicted octanol–water partition coefficient (Wildman–Crippen LogP) is 1.47. The van der Waals surface area contributed by atoms with Gasteiger partial charge in [-0.05, 0) is 24.1 Å². The molecule has 0 aliphatic rings. The first kappa shape index (κ1) is 15.6. The highest BCUT2D eigenvalue weighted by molar-refractivity contribution is 5.87. The van der Waals surface area contributed by atoms with Crippen LogP contribution in [-0.2, 0) is 13.1 Å². The quantitative estimate of drug-likeness (QED) is 0.675. The van der Waals surface area contributed by atoms with Gasteiger partial charge in [-0.3, -0.25) is 0 Å². The molecule has 2 amide bonds. The van der Waals surface area contributed by atoms with Crippen LogP contribution in [0, 0.1) is 0 Å². The number of amides is 2. The fourth-order valence-corrected chi connectivity index (χ4v) is 1.89. The van der Waals surface area contributed by atoms with Gasteiger partial charge in [-0.15, -0.1) is 0 Å². The second kappa shape index (κ2) is 7.82. The summed E-state index contributed by atoms with van der Waals surface area (Å²) in [6.07, 6.45) is 6.15. The third-order valence-corrected chi connectivity index (χ3v) is 3.09. The summed E-state index contributed by atoms with van der Waals surface area (Å²) in [7, 11) is 0. The lowest BCUT2D eigenvalue weighted by atomic mass is 10.1. The first-order chi connectivity index (χ1) is 10.6. The number of carboxylic acid groups (broad SMARTS) is 1. The highest BCUT2D eigenvalue weighted by atomic mass is 16.4. The molecular weight excluding hydrogens is 284 g/mol. The normalized spacial score (nSPS) is 10.2. The summed E-state index contributed by atoms with van der Waals surface area (Å²) in [6, 6.07) is 6.16. The molecule has 0 fully saturated rings. The Hall–Kier alpha value is -2.83. The van der Waals surface area contributed by atoms with Crippen LogP contribution in [0.5, 0.6) is 0 Å². The van der Waals surface area contributed by atoms with Crippen LogP contribution in [-0.4, -0.2) is 33.2 Å². The van der Waals surface area contributed by atoms with Crippen LogP contribution in [0.3, 0.4) is 0 Å². The Bertz CT molecular complexity index is 608. The number of nitrogens with one attached hydrogen (secondary N) is 2. The van der Waals surface area contributed by atoms with Crippen LogP contribution < -0.4 is 10.6 Å². The molecule has 1 heterocycles. The Labute approximate surface area is 128 Å². The van der Waals surface area contributed by atoms with Crippen LogP contribution in [0.1, 0.15) is 22.3 Å². The number of aromatic nitrogens is 2. The average molecular weight is 302 g/mol. The number of carboxylic acids is 1. The molecule has 7 heteroatoms. The van der Waals surface area contributed by atoms with E-state index in [1.165, 1.54) is 12.1 Å². The van der Waals surface area contributed by atoms with Crippen molar-refractivity contribution in [1.82, 2.24) is 20.2 Å². The number of imidazole rings is 1. The summed E-state index contributed by atoms with van der Waals surface area (Å²) < 4.78 is 1.95. The van der Waals surface area contributed by atoms with E-state index in [2.05, 4.69) is 15.6 Å². The molecule has 3 N–H and O–H groups in total. The monoisotopic (exact) mass is 302 g/mol. The van der Waals surface area contributed by atoms with Crippen LogP contribution in [0.2, 0.25) is 0 Å². The van der Waals surface area contributed by atoms with E-state index in [-0.39, 0.29) is 11.6 Å². The topological polar surface area (TPSA) is 96.3 Å². The molecule has 116 valence electrons. The molecule has 2 rings (SSSR count). The van der Waals surface area contributed by atoms with Crippen LogP contribution in [0.25, 0.3) is 0 Å². The van der Waals surface area contributed by atoms with Crippen molar-refractivity contribution in [3.63, 3.8) is 0 Å². The highest BCUT2D eigenvalue weighted by Gasteiger charge is 2.03. The Kier molecular flexibility index (Phi) is 5.53. The van der Waals surface area contributed by atoms with Crippen molar-refractivity contribution in [3.8, 4) is 0 Å². The van der Waals surface area contributed by atoms with Crippen molar-refractivity contribution < 1.29 is 14.7 Å². The summed E-state index contributed by atoms with van der Waals surface area (Å²) in [5.41, 5.74) is 1.08. The molecule has 1 aromatic carbocycles. The molecule has 0 spiro atoms. The number of carbonyl (C=O) groups is 2. The molecule has 22 heavy (non-hydrogen) atoms. The Morgan fingerprint density at radius 1 is 1.18 bits per heavy atom. The van der Waals surface area contributed by atoms with Gasteiger partial charge in [-0.1, -0.05) is 12.1 Å².